The van der Waals surface area contributed by atoms with Crippen molar-refractivity contribution >= 4 is 25.3 Å². The largest absolute Gasteiger partial charge is 0.481 e. The van der Waals surface area contributed by atoms with Crippen molar-refractivity contribution < 1.29 is 24.3 Å². The minimum Gasteiger partial charge on any atom is -0.481 e. The van der Waals surface area contributed by atoms with Crippen molar-refractivity contribution in [2.24, 2.45) is 5.92 Å². The molecule has 0 saturated heterocycles. The summed E-state index contributed by atoms with van der Waals surface area (Å²) in [5, 5.41) is 9.07. The minimum atomic E-state index is -4.35. The first-order valence-electron chi connectivity index (χ1n) is 7.50. The van der Waals surface area contributed by atoms with Crippen LogP contribution in [0.15, 0.2) is 10.2 Å². The van der Waals surface area contributed by atoms with Crippen LogP contribution in [0.3, 0.4) is 0 Å². The van der Waals surface area contributed by atoms with Crippen LogP contribution in [0.25, 0.3) is 0 Å². The number of thioether (sulfide) groups is 1. The lowest BCUT2D eigenvalue weighted by atomic mass is 10.1. The van der Waals surface area contributed by atoms with Gasteiger partial charge in [-0.05, 0) is 24.2 Å². The van der Waals surface area contributed by atoms with E-state index in [0.29, 0.717) is 12.2 Å². The fraction of sp³-hybridized carbons (Fsp3) is 0.786. The second-order valence-electron chi connectivity index (χ2n) is 5.48. The first-order chi connectivity index (χ1) is 9.86. The summed E-state index contributed by atoms with van der Waals surface area (Å²) < 4.78 is 11.6. The van der Waals surface area contributed by atoms with Crippen molar-refractivity contribution in [1.82, 2.24) is 0 Å². The Labute approximate surface area is 130 Å². The van der Waals surface area contributed by atoms with Gasteiger partial charge in [0.1, 0.15) is 0 Å². The molecule has 0 bridgehead atoms. The summed E-state index contributed by atoms with van der Waals surface area (Å²) in [6, 6.07) is 0. The van der Waals surface area contributed by atoms with Crippen LogP contribution in [0.2, 0.25) is 0 Å². The van der Waals surface area contributed by atoms with E-state index in [1.807, 2.05) is 0 Å². The van der Waals surface area contributed by atoms with Crippen molar-refractivity contribution in [3.05, 3.63) is 10.2 Å². The molecule has 1 heterocycles. The minimum absolute atomic E-state index is 0.0161. The van der Waals surface area contributed by atoms with E-state index >= 15 is 0 Å². The van der Waals surface area contributed by atoms with Crippen molar-refractivity contribution in [3.63, 3.8) is 0 Å². The smallest absolute Gasteiger partial charge is 0.353 e. The standard InChI is InChI=1S/C14H25O5PS/c1-2-3-4-5-6-7-8-13-12(20(17,18)19)9-11(10-21-13)14(15)16/h11H,2-10H2,1H3,(H,15,16)(H2,17,18,19)/t11-/m0/s1. The lowest BCUT2D eigenvalue weighted by Gasteiger charge is -2.25. The Morgan fingerprint density at radius 3 is 2.43 bits per heavy atom. The highest BCUT2D eigenvalue weighted by Gasteiger charge is 2.34. The summed E-state index contributed by atoms with van der Waals surface area (Å²) in [6.07, 6.45) is 7.38. The van der Waals surface area contributed by atoms with E-state index in [9.17, 15) is 19.1 Å². The van der Waals surface area contributed by atoms with Gasteiger partial charge in [-0.3, -0.25) is 9.36 Å². The van der Waals surface area contributed by atoms with E-state index in [0.717, 1.165) is 24.2 Å². The van der Waals surface area contributed by atoms with Crippen LogP contribution in [0.4, 0.5) is 0 Å². The number of carbonyl (C=O) groups is 1. The van der Waals surface area contributed by atoms with Gasteiger partial charge >= 0.3 is 13.6 Å². The van der Waals surface area contributed by atoms with E-state index in [1.54, 1.807) is 0 Å². The van der Waals surface area contributed by atoms with Crippen LogP contribution in [0.5, 0.6) is 0 Å². The highest BCUT2D eigenvalue weighted by Crippen LogP contribution is 2.55. The zero-order chi connectivity index (χ0) is 15.9. The van der Waals surface area contributed by atoms with Gasteiger partial charge in [-0.1, -0.05) is 39.0 Å². The van der Waals surface area contributed by atoms with E-state index < -0.39 is 19.5 Å². The van der Waals surface area contributed by atoms with Gasteiger partial charge in [0.25, 0.3) is 0 Å². The predicted molar refractivity (Wildman–Crippen MR) is 85.3 cm³/mol. The molecule has 122 valence electrons. The first-order valence-corrected chi connectivity index (χ1v) is 10.1. The van der Waals surface area contributed by atoms with Gasteiger partial charge in [0.15, 0.2) is 0 Å². The Hall–Kier alpha value is -0.290. The number of aliphatic carboxylic acids is 1. The van der Waals surface area contributed by atoms with Crippen LogP contribution >= 0.6 is 19.4 Å². The molecule has 21 heavy (non-hydrogen) atoms. The zero-order valence-electron chi connectivity index (χ0n) is 12.5. The van der Waals surface area contributed by atoms with Gasteiger partial charge in [0.05, 0.1) is 11.2 Å². The molecule has 0 aliphatic carbocycles. The summed E-state index contributed by atoms with van der Waals surface area (Å²) in [5.74, 6) is -1.26. The predicted octanol–water partition coefficient (Wildman–Crippen LogP) is 3.96. The van der Waals surface area contributed by atoms with Gasteiger partial charge in [0, 0.05) is 5.75 Å². The summed E-state index contributed by atoms with van der Waals surface area (Å²) in [6.45, 7) is 2.16. The number of rotatable bonds is 9. The van der Waals surface area contributed by atoms with Gasteiger partial charge < -0.3 is 14.9 Å². The summed E-state index contributed by atoms with van der Waals surface area (Å²) >= 11 is 1.31. The third-order valence-corrected chi connectivity index (χ3v) is 6.35. The normalized spacial score (nSPS) is 19.9. The van der Waals surface area contributed by atoms with Crippen LogP contribution < -0.4 is 0 Å². The van der Waals surface area contributed by atoms with E-state index in [2.05, 4.69) is 6.92 Å². The lowest BCUT2D eigenvalue weighted by molar-refractivity contribution is -0.140. The number of allylic oxidation sites excluding steroid dienone is 2. The highest BCUT2D eigenvalue weighted by molar-refractivity contribution is 8.03. The molecule has 0 spiro atoms. The Morgan fingerprint density at radius 2 is 1.86 bits per heavy atom. The van der Waals surface area contributed by atoms with Gasteiger partial charge in [-0.15, -0.1) is 11.8 Å². The van der Waals surface area contributed by atoms with Crippen LogP contribution in [0, 0.1) is 5.92 Å². The number of carboxylic acid groups (broad SMARTS) is 1. The molecule has 1 rings (SSSR count). The molecule has 7 heteroatoms. The Kier molecular flexibility index (Phi) is 8.03. The molecular weight excluding hydrogens is 311 g/mol. The molecule has 0 aromatic heterocycles. The molecule has 1 atom stereocenters. The Morgan fingerprint density at radius 1 is 1.24 bits per heavy atom. The van der Waals surface area contributed by atoms with Crippen molar-refractivity contribution in [1.29, 1.82) is 0 Å². The Bertz CT molecular complexity index is 429. The number of unbranched alkanes of at least 4 members (excludes halogenated alkanes) is 5. The topological polar surface area (TPSA) is 94.8 Å². The molecule has 0 aromatic rings. The molecule has 5 nitrogen and oxygen atoms in total. The highest BCUT2D eigenvalue weighted by atomic mass is 32.2. The lowest BCUT2D eigenvalue weighted by Crippen LogP contribution is -2.20. The van der Waals surface area contributed by atoms with Crippen molar-refractivity contribution in [3.8, 4) is 0 Å². The van der Waals surface area contributed by atoms with E-state index in [1.165, 1.54) is 31.0 Å². The van der Waals surface area contributed by atoms with Crippen LogP contribution in [0.1, 0.15) is 58.3 Å². The fourth-order valence-electron chi connectivity index (χ4n) is 2.41. The molecule has 1 aliphatic heterocycles. The van der Waals surface area contributed by atoms with E-state index in [4.69, 9.17) is 5.11 Å². The first kappa shape index (κ1) is 18.8. The molecule has 0 unspecified atom stereocenters. The molecule has 0 aromatic carbocycles. The second kappa shape index (κ2) is 8.99. The molecule has 0 fully saturated rings. The second-order valence-corrected chi connectivity index (χ2v) is 8.22. The molecular formula is C14H25O5PS. The fourth-order valence-corrected chi connectivity index (χ4v) is 5.06. The molecule has 3 N–H and O–H groups in total. The third-order valence-electron chi connectivity index (χ3n) is 3.68. The molecule has 0 amide bonds. The van der Waals surface area contributed by atoms with Crippen molar-refractivity contribution in [2.75, 3.05) is 5.75 Å². The monoisotopic (exact) mass is 336 g/mol. The Balaban J connectivity index is 2.58. The summed E-state index contributed by atoms with van der Waals surface area (Å²) in [5.41, 5.74) is 0. The van der Waals surface area contributed by atoms with Crippen molar-refractivity contribution in [2.45, 2.75) is 58.3 Å². The maximum absolute atomic E-state index is 11.6. The molecule has 0 radical (unpaired) electrons. The van der Waals surface area contributed by atoms with Crippen LogP contribution in [-0.4, -0.2) is 26.6 Å². The van der Waals surface area contributed by atoms with E-state index in [-0.39, 0.29) is 11.7 Å². The average molecular weight is 336 g/mol. The number of hydrogen-bond donors (Lipinski definition) is 3. The van der Waals surface area contributed by atoms with Gasteiger partial charge in [0.2, 0.25) is 0 Å². The zero-order valence-corrected chi connectivity index (χ0v) is 14.2. The molecule has 0 saturated carbocycles. The third kappa shape index (κ3) is 6.55. The quantitative estimate of drug-likeness (QED) is 0.436. The molecule has 1 aliphatic rings. The number of hydrogen-bond acceptors (Lipinski definition) is 3. The van der Waals surface area contributed by atoms with Gasteiger partial charge in [-0.2, -0.15) is 0 Å². The number of carboxylic acids is 1. The summed E-state index contributed by atoms with van der Waals surface area (Å²) in [4.78, 5) is 30.6. The maximum Gasteiger partial charge on any atom is 0.353 e. The maximum atomic E-state index is 11.6. The van der Waals surface area contributed by atoms with Crippen LogP contribution in [-0.2, 0) is 9.36 Å². The summed E-state index contributed by atoms with van der Waals surface area (Å²) in [7, 11) is -4.35. The SMILES string of the molecule is CCCCCCCCC1=C(P(=O)(O)O)C[C@H](C(=O)O)CS1. The average Bonchev–Trinajstić information content (AvgIpc) is 2.41. The van der Waals surface area contributed by atoms with Gasteiger partial charge in [-0.25, -0.2) is 0 Å².